The number of amides is 1. The average molecular weight is 256 g/mol. The number of carbonyl (C=O) groups excluding carboxylic acids is 1. The van der Waals surface area contributed by atoms with Crippen LogP contribution in [0.2, 0.25) is 0 Å². The molecule has 3 heteroatoms. The first-order valence-electron chi connectivity index (χ1n) is 6.72. The van der Waals surface area contributed by atoms with Crippen LogP contribution in [-0.4, -0.2) is 47.9 Å². The Balaban J connectivity index is 2.08. The van der Waals surface area contributed by atoms with E-state index in [1.54, 1.807) is 0 Å². The van der Waals surface area contributed by atoms with E-state index in [4.69, 9.17) is 6.42 Å². The van der Waals surface area contributed by atoms with Gasteiger partial charge < -0.3 is 4.90 Å². The van der Waals surface area contributed by atoms with Gasteiger partial charge in [-0.1, -0.05) is 18.1 Å². The Labute approximate surface area is 115 Å². The molecule has 0 spiro atoms. The van der Waals surface area contributed by atoms with E-state index >= 15 is 0 Å². The minimum absolute atomic E-state index is 0.0527. The van der Waals surface area contributed by atoms with Crippen LogP contribution in [0, 0.1) is 12.3 Å². The Kier molecular flexibility index (Phi) is 4.24. The first-order chi connectivity index (χ1) is 9.13. The minimum Gasteiger partial charge on any atom is -0.336 e. The second-order valence-electron chi connectivity index (χ2n) is 5.11. The van der Waals surface area contributed by atoms with Gasteiger partial charge in [-0.25, -0.2) is 0 Å². The molecule has 0 aromatic heterocycles. The van der Waals surface area contributed by atoms with Gasteiger partial charge in [-0.15, -0.1) is 6.42 Å². The third-order valence-corrected chi connectivity index (χ3v) is 3.64. The third-order valence-electron chi connectivity index (χ3n) is 3.64. The summed E-state index contributed by atoms with van der Waals surface area (Å²) in [5.74, 6) is 2.64. The van der Waals surface area contributed by atoms with Gasteiger partial charge in [-0.2, -0.15) is 0 Å². The summed E-state index contributed by atoms with van der Waals surface area (Å²) in [7, 11) is 0. The maximum Gasteiger partial charge on any atom is 0.255 e. The summed E-state index contributed by atoms with van der Waals surface area (Å²) in [4.78, 5) is 16.8. The molecule has 0 saturated carbocycles. The Morgan fingerprint density at radius 3 is 2.42 bits per heavy atom. The number of hydrogen-bond donors (Lipinski definition) is 0. The molecule has 0 aliphatic carbocycles. The van der Waals surface area contributed by atoms with Crippen LogP contribution in [-0.2, 0) is 0 Å². The highest BCUT2D eigenvalue weighted by Crippen LogP contribution is 2.13. The summed E-state index contributed by atoms with van der Waals surface area (Å²) in [6, 6.07) is 7.89. The van der Waals surface area contributed by atoms with E-state index in [9.17, 15) is 4.79 Å². The minimum atomic E-state index is 0.0527. The molecule has 1 amide bonds. The van der Waals surface area contributed by atoms with Crippen LogP contribution in [0.3, 0.4) is 0 Å². The zero-order valence-electron chi connectivity index (χ0n) is 11.6. The van der Waals surface area contributed by atoms with E-state index in [0.29, 0.717) is 17.2 Å². The van der Waals surface area contributed by atoms with Crippen molar-refractivity contribution in [3.05, 3.63) is 35.4 Å². The predicted octanol–water partition coefficient (Wildman–Crippen LogP) is 1.83. The second kappa shape index (κ2) is 5.90. The molecule has 1 aliphatic heterocycles. The van der Waals surface area contributed by atoms with Gasteiger partial charge in [0.2, 0.25) is 0 Å². The predicted molar refractivity (Wildman–Crippen MR) is 77.0 cm³/mol. The number of terminal acetylenes is 1. The molecule has 3 nitrogen and oxygen atoms in total. The summed E-state index contributed by atoms with van der Waals surface area (Å²) in [5, 5.41) is 0. The standard InChI is InChI=1S/C16H20N2O/c1-4-14-7-5-6-8-15(14)16(19)18-11-9-17(10-12-18)13(2)3/h1,5-8,13H,9-12H2,2-3H3. The van der Waals surface area contributed by atoms with E-state index < -0.39 is 0 Å². The molecule has 0 N–H and O–H groups in total. The lowest BCUT2D eigenvalue weighted by Gasteiger charge is -2.37. The topological polar surface area (TPSA) is 23.6 Å². The highest BCUT2D eigenvalue weighted by Gasteiger charge is 2.24. The highest BCUT2D eigenvalue weighted by molar-refractivity contribution is 5.96. The molecule has 100 valence electrons. The third kappa shape index (κ3) is 2.97. The van der Waals surface area contributed by atoms with Crippen molar-refractivity contribution in [2.24, 2.45) is 0 Å². The van der Waals surface area contributed by atoms with E-state index in [1.807, 2.05) is 29.2 Å². The van der Waals surface area contributed by atoms with Gasteiger partial charge in [-0.05, 0) is 26.0 Å². The summed E-state index contributed by atoms with van der Waals surface area (Å²) >= 11 is 0. The van der Waals surface area contributed by atoms with Crippen molar-refractivity contribution in [1.82, 2.24) is 9.80 Å². The van der Waals surface area contributed by atoms with Gasteiger partial charge in [0.25, 0.3) is 5.91 Å². The van der Waals surface area contributed by atoms with E-state index in [1.165, 1.54) is 0 Å². The smallest absolute Gasteiger partial charge is 0.255 e. The van der Waals surface area contributed by atoms with E-state index in [2.05, 4.69) is 24.7 Å². The van der Waals surface area contributed by atoms with Crippen LogP contribution in [0.15, 0.2) is 24.3 Å². The van der Waals surface area contributed by atoms with Gasteiger partial charge in [0.1, 0.15) is 0 Å². The fourth-order valence-corrected chi connectivity index (χ4v) is 2.41. The lowest BCUT2D eigenvalue weighted by atomic mass is 10.1. The Morgan fingerprint density at radius 2 is 1.84 bits per heavy atom. The molecule has 0 atom stereocenters. The second-order valence-corrected chi connectivity index (χ2v) is 5.11. The zero-order chi connectivity index (χ0) is 13.8. The van der Waals surface area contributed by atoms with Crippen LogP contribution in [0.4, 0.5) is 0 Å². The quantitative estimate of drug-likeness (QED) is 0.754. The fraction of sp³-hybridized carbons (Fsp3) is 0.438. The Hall–Kier alpha value is -1.79. The van der Waals surface area contributed by atoms with Crippen LogP contribution in [0.5, 0.6) is 0 Å². The van der Waals surface area contributed by atoms with Crippen molar-refractivity contribution in [3.63, 3.8) is 0 Å². The number of nitrogens with zero attached hydrogens (tertiary/aromatic N) is 2. The molecule has 1 aliphatic rings. The number of rotatable bonds is 2. The first kappa shape index (κ1) is 13.6. The van der Waals surface area contributed by atoms with E-state index in [-0.39, 0.29) is 5.91 Å². The lowest BCUT2D eigenvalue weighted by molar-refractivity contribution is 0.0595. The Bertz CT molecular complexity index is 494. The molecular formula is C16H20N2O. The van der Waals surface area contributed by atoms with Crippen LogP contribution >= 0.6 is 0 Å². The van der Waals surface area contributed by atoms with Crippen molar-refractivity contribution < 1.29 is 4.79 Å². The molecule has 0 bridgehead atoms. The fourth-order valence-electron chi connectivity index (χ4n) is 2.41. The number of benzene rings is 1. The monoisotopic (exact) mass is 256 g/mol. The van der Waals surface area contributed by atoms with Crippen molar-refractivity contribution in [2.45, 2.75) is 19.9 Å². The average Bonchev–Trinajstić information content (AvgIpc) is 2.46. The molecule has 0 radical (unpaired) electrons. The van der Waals surface area contributed by atoms with Crippen LogP contribution in [0.1, 0.15) is 29.8 Å². The van der Waals surface area contributed by atoms with Crippen molar-refractivity contribution in [2.75, 3.05) is 26.2 Å². The Morgan fingerprint density at radius 1 is 1.21 bits per heavy atom. The molecule has 1 saturated heterocycles. The summed E-state index contributed by atoms with van der Waals surface area (Å²) in [6.45, 7) is 7.78. The molecule has 1 aromatic carbocycles. The van der Waals surface area contributed by atoms with Crippen molar-refractivity contribution in [1.29, 1.82) is 0 Å². The molecule has 1 fully saturated rings. The van der Waals surface area contributed by atoms with Crippen LogP contribution in [0.25, 0.3) is 0 Å². The summed E-state index contributed by atoms with van der Waals surface area (Å²) < 4.78 is 0. The molecule has 1 heterocycles. The first-order valence-corrected chi connectivity index (χ1v) is 6.72. The number of carbonyl (C=O) groups is 1. The lowest BCUT2D eigenvalue weighted by Crippen LogP contribution is -2.50. The van der Waals surface area contributed by atoms with Gasteiger partial charge in [0, 0.05) is 37.8 Å². The molecule has 1 aromatic rings. The molecular weight excluding hydrogens is 236 g/mol. The van der Waals surface area contributed by atoms with E-state index in [0.717, 1.165) is 26.2 Å². The maximum absolute atomic E-state index is 12.5. The van der Waals surface area contributed by atoms with Crippen molar-refractivity contribution in [3.8, 4) is 12.3 Å². The number of piperazine rings is 1. The SMILES string of the molecule is C#Cc1ccccc1C(=O)N1CCN(C(C)C)CC1. The largest absolute Gasteiger partial charge is 0.336 e. The highest BCUT2D eigenvalue weighted by atomic mass is 16.2. The van der Waals surface area contributed by atoms with Crippen LogP contribution < -0.4 is 0 Å². The zero-order valence-corrected chi connectivity index (χ0v) is 11.6. The molecule has 19 heavy (non-hydrogen) atoms. The van der Waals surface area contributed by atoms with Gasteiger partial charge in [0.15, 0.2) is 0 Å². The normalized spacial score (nSPS) is 16.4. The maximum atomic E-state index is 12.5. The molecule has 2 rings (SSSR count). The van der Waals surface area contributed by atoms with Gasteiger partial charge >= 0.3 is 0 Å². The summed E-state index contributed by atoms with van der Waals surface area (Å²) in [5.41, 5.74) is 1.32. The van der Waals surface area contributed by atoms with Gasteiger partial charge in [0.05, 0.1) is 5.56 Å². The molecule has 0 unspecified atom stereocenters. The summed E-state index contributed by atoms with van der Waals surface area (Å²) in [6.07, 6.45) is 5.45. The van der Waals surface area contributed by atoms with Gasteiger partial charge in [-0.3, -0.25) is 9.69 Å². The van der Waals surface area contributed by atoms with Crippen molar-refractivity contribution >= 4 is 5.91 Å². The number of hydrogen-bond acceptors (Lipinski definition) is 2.